The van der Waals surface area contributed by atoms with E-state index in [1.165, 1.54) is 11.3 Å². The van der Waals surface area contributed by atoms with Crippen molar-refractivity contribution in [1.29, 1.82) is 0 Å². The summed E-state index contributed by atoms with van der Waals surface area (Å²) in [6.07, 6.45) is -0.890. The molecule has 0 saturated heterocycles. The molecule has 2 N–H and O–H groups in total. The van der Waals surface area contributed by atoms with E-state index >= 15 is 0 Å². The molecule has 2 rings (SSSR count). The molecule has 0 saturated carbocycles. The third-order valence-corrected chi connectivity index (χ3v) is 2.81. The van der Waals surface area contributed by atoms with Crippen LogP contribution in [0.4, 0.5) is 4.79 Å². The summed E-state index contributed by atoms with van der Waals surface area (Å²) in [5.41, 5.74) is 4.80. The standard InChI is InChI=1S/C8H6ClN3O3S/c9-5-2-1-4(16-5)7-12-11-6(15-7)3-14-8(10)13/h1-2H,3H2,(H2,10,13). The third kappa shape index (κ3) is 2.50. The largest absolute Gasteiger partial charge is 0.440 e. The number of nitrogens with zero attached hydrogens (tertiary/aromatic N) is 2. The van der Waals surface area contributed by atoms with Gasteiger partial charge < -0.3 is 14.9 Å². The average molecular weight is 260 g/mol. The van der Waals surface area contributed by atoms with Crippen molar-refractivity contribution < 1.29 is 13.9 Å². The lowest BCUT2D eigenvalue weighted by Gasteiger charge is -1.94. The summed E-state index contributed by atoms with van der Waals surface area (Å²) in [5.74, 6) is 0.512. The van der Waals surface area contributed by atoms with Crippen LogP contribution in [-0.2, 0) is 11.3 Å². The molecular formula is C8H6ClN3O3S. The predicted octanol–water partition coefficient (Wildman–Crippen LogP) is 2.05. The fraction of sp³-hybridized carbons (Fsp3) is 0.125. The summed E-state index contributed by atoms with van der Waals surface area (Å²) in [6.45, 7) is -0.137. The van der Waals surface area contributed by atoms with Gasteiger partial charge in [0.1, 0.15) is 0 Å². The van der Waals surface area contributed by atoms with Crippen LogP contribution in [0, 0.1) is 0 Å². The van der Waals surface area contributed by atoms with Crippen molar-refractivity contribution in [2.24, 2.45) is 5.73 Å². The summed E-state index contributed by atoms with van der Waals surface area (Å²) in [5, 5.41) is 7.47. The Morgan fingerprint density at radius 2 is 2.38 bits per heavy atom. The van der Waals surface area contributed by atoms with E-state index in [0.29, 0.717) is 10.2 Å². The zero-order valence-electron chi connectivity index (χ0n) is 7.84. The lowest BCUT2D eigenvalue weighted by atomic mass is 10.5. The Bertz CT molecular complexity index is 510. The van der Waals surface area contributed by atoms with Gasteiger partial charge in [-0.15, -0.1) is 21.5 Å². The fourth-order valence-electron chi connectivity index (χ4n) is 0.974. The highest BCUT2D eigenvalue weighted by molar-refractivity contribution is 7.19. The molecule has 16 heavy (non-hydrogen) atoms. The number of rotatable bonds is 3. The van der Waals surface area contributed by atoms with E-state index in [2.05, 4.69) is 14.9 Å². The first kappa shape index (κ1) is 10.9. The second kappa shape index (κ2) is 4.50. The van der Waals surface area contributed by atoms with Crippen molar-refractivity contribution in [1.82, 2.24) is 10.2 Å². The normalized spacial score (nSPS) is 10.3. The first-order valence-corrected chi connectivity index (χ1v) is 5.35. The molecule has 0 aliphatic rings. The first-order chi connectivity index (χ1) is 7.65. The second-order valence-electron chi connectivity index (χ2n) is 2.71. The van der Waals surface area contributed by atoms with Crippen molar-refractivity contribution in [3.05, 3.63) is 22.4 Å². The molecule has 0 fully saturated rings. The quantitative estimate of drug-likeness (QED) is 0.911. The number of hydrogen-bond donors (Lipinski definition) is 1. The third-order valence-electron chi connectivity index (χ3n) is 1.59. The van der Waals surface area contributed by atoms with Gasteiger partial charge in [-0.05, 0) is 12.1 Å². The molecule has 0 radical (unpaired) electrons. The van der Waals surface area contributed by atoms with Crippen molar-refractivity contribution in [2.45, 2.75) is 6.61 Å². The Morgan fingerprint density at radius 3 is 3.00 bits per heavy atom. The Kier molecular flexibility index (Phi) is 3.07. The maximum Gasteiger partial charge on any atom is 0.405 e. The highest BCUT2D eigenvalue weighted by atomic mass is 35.5. The Hall–Kier alpha value is -1.60. The molecule has 2 aromatic rings. The average Bonchev–Trinajstić information content (AvgIpc) is 2.83. The molecule has 8 heteroatoms. The van der Waals surface area contributed by atoms with E-state index in [0.717, 1.165) is 4.88 Å². The fourth-order valence-corrected chi connectivity index (χ4v) is 1.94. The molecule has 0 aromatic carbocycles. The van der Waals surface area contributed by atoms with Crippen LogP contribution in [-0.4, -0.2) is 16.3 Å². The molecule has 6 nitrogen and oxygen atoms in total. The number of nitrogens with two attached hydrogens (primary N) is 1. The zero-order chi connectivity index (χ0) is 11.5. The van der Waals surface area contributed by atoms with Crippen LogP contribution < -0.4 is 5.73 Å². The van der Waals surface area contributed by atoms with E-state index in [1.54, 1.807) is 12.1 Å². The Morgan fingerprint density at radius 1 is 1.56 bits per heavy atom. The predicted molar refractivity (Wildman–Crippen MR) is 57.0 cm³/mol. The van der Waals surface area contributed by atoms with E-state index in [1.807, 2.05) is 0 Å². The van der Waals surface area contributed by atoms with Crippen molar-refractivity contribution in [3.8, 4) is 10.8 Å². The summed E-state index contributed by atoms with van der Waals surface area (Å²) in [4.78, 5) is 11.1. The van der Waals surface area contributed by atoms with E-state index in [9.17, 15) is 4.79 Å². The lowest BCUT2D eigenvalue weighted by molar-refractivity contribution is 0.139. The monoisotopic (exact) mass is 259 g/mol. The summed E-state index contributed by atoms with van der Waals surface area (Å²) in [6, 6.07) is 3.49. The number of halogens is 1. The zero-order valence-corrected chi connectivity index (χ0v) is 9.42. The molecule has 0 spiro atoms. The topological polar surface area (TPSA) is 91.2 Å². The molecule has 84 valence electrons. The molecule has 0 aliphatic carbocycles. The number of hydrogen-bond acceptors (Lipinski definition) is 6. The van der Waals surface area contributed by atoms with Crippen LogP contribution >= 0.6 is 22.9 Å². The second-order valence-corrected chi connectivity index (χ2v) is 4.43. The number of aromatic nitrogens is 2. The van der Waals surface area contributed by atoms with E-state index in [-0.39, 0.29) is 12.5 Å². The molecule has 0 bridgehead atoms. The number of ether oxygens (including phenoxy) is 1. The number of carbonyl (C=O) groups excluding carboxylic acids is 1. The van der Waals surface area contributed by atoms with Crippen LogP contribution in [0.3, 0.4) is 0 Å². The minimum atomic E-state index is -0.890. The van der Waals surface area contributed by atoms with Gasteiger partial charge in [-0.2, -0.15) is 0 Å². The summed E-state index contributed by atoms with van der Waals surface area (Å²) >= 11 is 7.08. The van der Waals surface area contributed by atoms with Crippen molar-refractivity contribution >= 4 is 29.0 Å². The molecular weight excluding hydrogens is 254 g/mol. The Labute approximate surface area is 99.0 Å². The smallest absolute Gasteiger partial charge is 0.405 e. The first-order valence-electron chi connectivity index (χ1n) is 4.15. The van der Waals surface area contributed by atoms with Gasteiger partial charge in [-0.25, -0.2) is 4.79 Å². The highest BCUT2D eigenvalue weighted by Crippen LogP contribution is 2.29. The lowest BCUT2D eigenvalue weighted by Crippen LogP contribution is -2.12. The van der Waals surface area contributed by atoms with E-state index < -0.39 is 6.09 Å². The molecule has 1 amide bonds. The SMILES string of the molecule is NC(=O)OCc1nnc(-c2ccc(Cl)s2)o1. The van der Waals surface area contributed by atoms with Gasteiger partial charge in [-0.3, -0.25) is 0 Å². The maximum absolute atomic E-state index is 10.3. The summed E-state index contributed by atoms with van der Waals surface area (Å²) < 4.78 is 10.4. The van der Waals surface area contributed by atoms with Crippen LogP contribution in [0.25, 0.3) is 10.8 Å². The van der Waals surface area contributed by atoms with Gasteiger partial charge in [0.05, 0.1) is 9.21 Å². The molecule has 0 aliphatic heterocycles. The number of thiophene rings is 1. The minimum Gasteiger partial charge on any atom is -0.440 e. The molecule has 0 atom stereocenters. The van der Waals surface area contributed by atoms with Crippen LogP contribution in [0.15, 0.2) is 16.5 Å². The van der Waals surface area contributed by atoms with Gasteiger partial charge in [0, 0.05) is 0 Å². The maximum atomic E-state index is 10.3. The van der Waals surface area contributed by atoms with Crippen molar-refractivity contribution in [3.63, 3.8) is 0 Å². The highest BCUT2D eigenvalue weighted by Gasteiger charge is 2.11. The van der Waals surface area contributed by atoms with Gasteiger partial charge in [-0.1, -0.05) is 11.6 Å². The number of carbonyl (C=O) groups is 1. The minimum absolute atomic E-state index is 0.137. The van der Waals surface area contributed by atoms with Gasteiger partial charge in [0.25, 0.3) is 11.8 Å². The van der Waals surface area contributed by atoms with Crippen LogP contribution in [0.2, 0.25) is 4.34 Å². The van der Waals surface area contributed by atoms with Crippen molar-refractivity contribution in [2.75, 3.05) is 0 Å². The molecule has 2 heterocycles. The number of primary amides is 1. The van der Waals surface area contributed by atoms with Gasteiger partial charge >= 0.3 is 6.09 Å². The van der Waals surface area contributed by atoms with Gasteiger partial charge in [0.15, 0.2) is 6.61 Å². The Balaban J connectivity index is 2.10. The molecule has 0 unspecified atom stereocenters. The van der Waals surface area contributed by atoms with E-state index in [4.69, 9.17) is 21.8 Å². The van der Waals surface area contributed by atoms with Crippen LogP contribution in [0.5, 0.6) is 0 Å². The number of amides is 1. The van der Waals surface area contributed by atoms with Crippen LogP contribution in [0.1, 0.15) is 5.89 Å². The summed E-state index contributed by atoms with van der Waals surface area (Å²) in [7, 11) is 0. The van der Waals surface area contributed by atoms with Gasteiger partial charge in [0.2, 0.25) is 0 Å². The molecule has 2 aromatic heterocycles.